The molecule has 0 spiro atoms. The Hall–Kier alpha value is -1.19. The van der Waals surface area contributed by atoms with E-state index in [0.29, 0.717) is 18.0 Å². The SMILES string of the molecule is CC(NC1CC(c2ccccc2Br)C1)c1cccnc1. The molecule has 1 fully saturated rings. The van der Waals surface area contributed by atoms with E-state index in [1.165, 1.54) is 28.4 Å². The lowest BCUT2D eigenvalue weighted by atomic mass is 9.75. The summed E-state index contributed by atoms with van der Waals surface area (Å²) in [5.41, 5.74) is 2.71. The van der Waals surface area contributed by atoms with Gasteiger partial charge in [-0.05, 0) is 48.9 Å². The molecule has 1 saturated carbocycles. The number of nitrogens with zero attached hydrogens (tertiary/aromatic N) is 1. The minimum Gasteiger partial charge on any atom is -0.307 e. The Balaban J connectivity index is 1.55. The molecule has 1 N–H and O–H groups in total. The molecule has 1 heterocycles. The van der Waals surface area contributed by atoms with Gasteiger partial charge in [-0.2, -0.15) is 0 Å². The molecule has 1 aliphatic rings. The molecule has 1 aromatic heterocycles. The van der Waals surface area contributed by atoms with E-state index < -0.39 is 0 Å². The summed E-state index contributed by atoms with van der Waals surface area (Å²) in [6, 6.07) is 13.7. The first-order chi connectivity index (χ1) is 9.74. The van der Waals surface area contributed by atoms with E-state index in [-0.39, 0.29) is 0 Å². The smallest absolute Gasteiger partial charge is 0.0315 e. The summed E-state index contributed by atoms with van der Waals surface area (Å²) in [6.07, 6.45) is 6.20. The summed E-state index contributed by atoms with van der Waals surface area (Å²) in [4.78, 5) is 4.18. The average molecular weight is 331 g/mol. The molecule has 3 rings (SSSR count). The number of hydrogen-bond acceptors (Lipinski definition) is 2. The van der Waals surface area contributed by atoms with Gasteiger partial charge in [0.05, 0.1) is 0 Å². The van der Waals surface area contributed by atoms with Crippen molar-refractivity contribution in [2.24, 2.45) is 0 Å². The van der Waals surface area contributed by atoms with Gasteiger partial charge in [-0.25, -0.2) is 0 Å². The second kappa shape index (κ2) is 6.06. The summed E-state index contributed by atoms with van der Waals surface area (Å²) in [7, 11) is 0. The van der Waals surface area contributed by atoms with Crippen LogP contribution in [0.3, 0.4) is 0 Å². The summed E-state index contributed by atoms with van der Waals surface area (Å²) in [5.74, 6) is 0.684. The number of rotatable bonds is 4. The van der Waals surface area contributed by atoms with Gasteiger partial charge in [0.1, 0.15) is 0 Å². The Labute approximate surface area is 128 Å². The van der Waals surface area contributed by atoms with E-state index in [4.69, 9.17) is 0 Å². The van der Waals surface area contributed by atoms with Crippen molar-refractivity contribution in [2.75, 3.05) is 0 Å². The molecule has 1 unspecified atom stereocenters. The van der Waals surface area contributed by atoms with Crippen molar-refractivity contribution in [2.45, 2.75) is 37.8 Å². The van der Waals surface area contributed by atoms with Crippen molar-refractivity contribution in [3.05, 3.63) is 64.4 Å². The molecule has 1 atom stereocenters. The first-order valence-electron chi connectivity index (χ1n) is 7.14. The lowest BCUT2D eigenvalue weighted by Gasteiger charge is -2.38. The third-order valence-electron chi connectivity index (χ3n) is 4.15. The lowest BCUT2D eigenvalue weighted by molar-refractivity contribution is 0.270. The van der Waals surface area contributed by atoms with Gasteiger partial charge in [-0.15, -0.1) is 0 Å². The highest BCUT2D eigenvalue weighted by Crippen LogP contribution is 2.40. The van der Waals surface area contributed by atoms with Crippen LogP contribution in [0.15, 0.2) is 53.3 Å². The van der Waals surface area contributed by atoms with Gasteiger partial charge >= 0.3 is 0 Å². The zero-order valence-corrected chi connectivity index (χ0v) is 13.2. The summed E-state index contributed by atoms with van der Waals surface area (Å²) >= 11 is 3.65. The maximum atomic E-state index is 4.18. The number of benzene rings is 1. The highest BCUT2D eigenvalue weighted by Gasteiger charge is 2.32. The van der Waals surface area contributed by atoms with E-state index in [1.54, 1.807) is 0 Å². The van der Waals surface area contributed by atoms with Gasteiger partial charge in [0.2, 0.25) is 0 Å². The molecule has 3 heteroatoms. The zero-order valence-electron chi connectivity index (χ0n) is 11.6. The minimum absolute atomic E-state index is 0.369. The molecule has 0 saturated heterocycles. The number of aromatic nitrogens is 1. The fraction of sp³-hybridized carbons (Fsp3) is 0.353. The van der Waals surface area contributed by atoms with E-state index in [0.717, 1.165) is 0 Å². The molecular formula is C17H19BrN2. The Bertz CT molecular complexity index is 564. The Morgan fingerprint density at radius 3 is 2.70 bits per heavy atom. The van der Waals surface area contributed by atoms with Crippen LogP contribution in [0.25, 0.3) is 0 Å². The molecule has 2 nitrogen and oxygen atoms in total. The first kappa shape index (κ1) is 13.8. The maximum absolute atomic E-state index is 4.18. The van der Waals surface area contributed by atoms with Crippen molar-refractivity contribution in [3.63, 3.8) is 0 Å². The molecule has 104 valence electrons. The van der Waals surface area contributed by atoms with Crippen molar-refractivity contribution >= 4 is 15.9 Å². The standard InChI is InChI=1S/C17H19BrN2/c1-12(13-5-4-8-19-11-13)20-15-9-14(10-15)16-6-2-3-7-17(16)18/h2-8,11-12,14-15,20H,9-10H2,1H3. The average Bonchev–Trinajstić information content (AvgIpc) is 2.44. The van der Waals surface area contributed by atoms with Crippen LogP contribution in [0.4, 0.5) is 0 Å². The second-order valence-corrected chi connectivity index (χ2v) is 6.42. The molecule has 1 aliphatic carbocycles. The highest BCUT2D eigenvalue weighted by molar-refractivity contribution is 9.10. The van der Waals surface area contributed by atoms with E-state index in [9.17, 15) is 0 Å². The lowest BCUT2D eigenvalue weighted by Crippen LogP contribution is -2.41. The molecule has 1 aromatic carbocycles. The highest BCUT2D eigenvalue weighted by atomic mass is 79.9. The molecule has 0 radical (unpaired) electrons. The number of halogens is 1. The third-order valence-corrected chi connectivity index (χ3v) is 4.88. The van der Waals surface area contributed by atoms with Crippen LogP contribution in [0, 0.1) is 0 Å². The number of hydrogen-bond donors (Lipinski definition) is 1. The van der Waals surface area contributed by atoms with Crippen LogP contribution in [-0.2, 0) is 0 Å². The summed E-state index contributed by atoms with van der Waals surface area (Å²) in [6.45, 7) is 2.21. The monoisotopic (exact) mass is 330 g/mol. The van der Waals surface area contributed by atoms with Crippen molar-refractivity contribution in [1.82, 2.24) is 10.3 Å². The first-order valence-corrected chi connectivity index (χ1v) is 7.93. The summed E-state index contributed by atoms with van der Waals surface area (Å²) < 4.78 is 1.24. The van der Waals surface area contributed by atoms with Gasteiger partial charge in [-0.3, -0.25) is 4.98 Å². The molecule has 0 bridgehead atoms. The van der Waals surface area contributed by atoms with Crippen LogP contribution in [0.2, 0.25) is 0 Å². The maximum Gasteiger partial charge on any atom is 0.0315 e. The van der Waals surface area contributed by atoms with Crippen LogP contribution >= 0.6 is 15.9 Å². The van der Waals surface area contributed by atoms with Gasteiger partial charge in [0.25, 0.3) is 0 Å². The quantitative estimate of drug-likeness (QED) is 0.896. The molecule has 2 aromatic rings. The van der Waals surface area contributed by atoms with Crippen LogP contribution in [-0.4, -0.2) is 11.0 Å². The predicted octanol–water partition coefficient (Wildman–Crippen LogP) is 4.44. The van der Waals surface area contributed by atoms with E-state index in [2.05, 4.69) is 63.5 Å². The van der Waals surface area contributed by atoms with Crippen LogP contribution in [0.1, 0.15) is 42.9 Å². The molecule has 20 heavy (non-hydrogen) atoms. The molecular weight excluding hydrogens is 312 g/mol. The van der Waals surface area contributed by atoms with Crippen molar-refractivity contribution < 1.29 is 0 Å². The predicted molar refractivity (Wildman–Crippen MR) is 85.7 cm³/mol. The Morgan fingerprint density at radius 1 is 1.20 bits per heavy atom. The number of nitrogens with one attached hydrogen (secondary N) is 1. The second-order valence-electron chi connectivity index (χ2n) is 5.56. The van der Waals surface area contributed by atoms with Crippen LogP contribution < -0.4 is 5.32 Å². The zero-order chi connectivity index (χ0) is 13.9. The van der Waals surface area contributed by atoms with E-state index in [1.807, 2.05) is 18.5 Å². The third kappa shape index (κ3) is 2.94. The van der Waals surface area contributed by atoms with Gasteiger partial charge in [0, 0.05) is 29.0 Å². The van der Waals surface area contributed by atoms with Gasteiger partial charge in [-0.1, -0.05) is 40.2 Å². The van der Waals surface area contributed by atoms with Gasteiger partial charge < -0.3 is 5.32 Å². The fourth-order valence-electron chi connectivity index (χ4n) is 2.90. The fourth-order valence-corrected chi connectivity index (χ4v) is 3.50. The summed E-state index contributed by atoms with van der Waals surface area (Å²) in [5, 5.41) is 3.70. The topological polar surface area (TPSA) is 24.9 Å². The normalized spacial score (nSPS) is 23.1. The van der Waals surface area contributed by atoms with Crippen molar-refractivity contribution in [1.29, 1.82) is 0 Å². The Kier molecular flexibility index (Phi) is 4.18. The minimum atomic E-state index is 0.369. The molecule has 0 amide bonds. The Morgan fingerprint density at radius 2 is 2.00 bits per heavy atom. The van der Waals surface area contributed by atoms with E-state index >= 15 is 0 Å². The molecule has 0 aliphatic heterocycles. The largest absolute Gasteiger partial charge is 0.307 e. The van der Waals surface area contributed by atoms with Gasteiger partial charge in [0.15, 0.2) is 0 Å². The number of pyridine rings is 1. The van der Waals surface area contributed by atoms with Crippen molar-refractivity contribution in [3.8, 4) is 0 Å². The van der Waals surface area contributed by atoms with Crippen LogP contribution in [0.5, 0.6) is 0 Å².